The van der Waals surface area contributed by atoms with Crippen LogP contribution in [0.15, 0.2) is 18.2 Å². The van der Waals surface area contributed by atoms with Gasteiger partial charge in [-0.1, -0.05) is 25.3 Å². The third-order valence-electron chi connectivity index (χ3n) is 5.48. The van der Waals surface area contributed by atoms with Gasteiger partial charge < -0.3 is 9.47 Å². The van der Waals surface area contributed by atoms with Gasteiger partial charge in [0.05, 0.1) is 18.6 Å². The van der Waals surface area contributed by atoms with Gasteiger partial charge in [0.15, 0.2) is 5.78 Å². The lowest BCUT2D eigenvalue weighted by Gasteiger charge is -2.40. The van der Waals surface area contributed by atoms with Crippen LogP contribution >= 0.6 is 0 Å². The normalized spacial score (nSPS) is 29.2. The van der Waals surface area contributed by atoms with Crippen molar-refractivity contribution < 1.29 is 14.3 Å². The Labute approximate surface area is 132 Å². The summed E-state index contributed by atoms with van der Waals surface area (Å²) >= 11 is 0. The number of carbonyl (C=O) groups is 1. The van der Waals surface area contributed by atoms with Gasteiger partial charge in [0.2, 0.25) is 0 Å². The quantitative estimate of drug-likeness (QED) is 0.778. The summed E-state index contributed by atoms with van der Waals surface area (Å²) in [5.41, 5.74) is 1.71. The Morgan fingerprint density at radius 3 is 2.73 bits per heavy atom. The first-order chi connectivity index (χ1) is 10.8. The van der Waals surface area contributed by atoms with Crippen molar-refractivity contribution in [3.63, 3.8) is 0 Å². The summed E-state index contributed by atoms with van der Waals surface area (Å²) in [6.07, 6.45) is 8.85. The molecule has 0 bridgehead atoms. The van der Waals surface area contributed by atoms with Crippen LogP contribution in [0.1, 0.15) is 73.2 Å². The smallest absolute Gasteiger partial charge is 0.170 e. The van der Waals surface area contributed by atoms with Crippen LogP contribution in [-0.4, -0.2) is 24.6 Å². The number of ketones is 1. The minimum absolute atomic E-state index is 0.226. The Morgan fingerprint density at radius 2 is 1.95 bits per heavy atom. The number of rotatable bonds is 1. The highest BCUT2D eigenvalue weighted by Crippen LogP contribution is 2.40. The second kappa shape index (κ2) is 5.69. The Bertz CT molecular complexity index is 566. The van der Waals surface area contributed by atoms with E-state index in [0.29, 0.717) is 18.9 Å². The second-order valence-electron chi connectivity index (χ2n) is 7.13. The number of hydrogen-bond acceptors (Lipinski definition) is 3. The first kappa shape index (κ1) is 14.3. The van der Waals surface area contributed by atoms with E-state index in [-0.39, 0.29) is 5.78 Å². The molecule has 0 radical (unpaired) electrons. The van der Waals surface area contributed by atoms with Crippen molar-refractivity contribution >= 4 is 5.78 Å². The molecule has 118 valence electrons. The first-order valence-corrected chi connectivity index (χ1v) is 8.70. The Kier molecular flexibility index (Phi) is 3.69. The van der Waals surface area contributed by atoms with E-state index in [1.807, 2.05) is 6.07 Å². The zero-order valence-corrected chi connectivity index (χ0v) is 13.1. The molecular formula is C19H24O3. The van der Waals surface area contributed by atoms with Crippen molar-refractivity contribution in [3.05, 3.63) is 29.3 Å². The average Bonchev–Trinajstić information content (AvgIpc) is 2.56. The summed E-state index contributed by atoms with van der Waals surface area (Å²) in [5.74, 6) is 1.62. The van der Waals surface area contributed by atoms with Crippen LogP contribution in [0.3, 0.4) is 0 Å². The molecule has 2 heterocycles. The summed E-state index contributed by atoms with van der Waals surface area (Å²) in [5, 5.41) is 0. The van der Waals surface area contributed by atoms with Crippen molar-refractivity contribution in [2.75, 3.05) is 13.2 Å². The van der Waals surface area contributed by atoms with Crippen LogP contribution in [0.25, 0.3) is 0 Å². The molecule has 2 fully saturated rings. The van der Waals surface area contributed by atoms with E-state index >= 15 is 0 Å². The molecule has 0 N–H and O–H groups in total. The summed E-state index contributed by atoms with van der Waals surface area (Å²) in [7, 11) is 0. The van der Waals surface area contributed by atoms with E-state index < -0.39 is 5.60 Å². The van der Waals surface area contributed by atoms with E-state index in [1.165, 1.54) is 37.7 Å². The molecule has 2 aliphatic heterocycles. The van der Waals surface area contributed by atoms with Crippen LogP contribution in [-0.2, 0) is 4.74 Å². The Balaban J connectivity index is 1.61. The van der Waals surface area contributed by atoms with Gasteiger partial charge in [-0.05, 0) is 49.3 Å². The molecule has 1 atom stereocenters. The van der Waals surface area contributed by atoms with Crippen LogP contribution in [0.5, 0.6) is 5.75 Å². The monoisotopic (exact) mass is 300 g/mol. The van der Waals surface area contributed by atoms with E-state index in [9.17, 15) is 4.79 Å². The fourth-order valence-electron chi connectivity index (χ4n) is 4.25. The highest BCUT2D eigenvalue weighted by molar-refractivity contribution is 6.00. The van der Waals surface area contributed by atoms with Gasteiger partial charge in [-0.15, -0.1) is 0 Å². The SMILES string of the molecule is O=C1CC2(CCCOC2)Oc2ccc(C3CCCCC3)cc21. The summed E-state index contributed by atoms with van der Waals surface area (Å²) in [4.78, 5) is 12.7. The van der Waals surface area contributed by atoms with Crippen molar-refractivity contribution in [1.82, 2.24) is 0 Å². The Morgan fingerprint density at radius 1 is 1.09 bits per heavy atom. The van der Waals surface area contributed by atoms with Gasteiger partial charge >= 0.3 is 0 Å². The molecule has 1 aromatic rings. The summed E-state index contributed by atoms with van der Waals surface area (Å²) in [6, 6.07) is 6.29. The molecule has 1 aliphatic carbocycles. The highest BCUT2D eigenvalue weighted by Gasteiger charge is 2.42. The largest absolute Gasteiger partial charge is 0.484 e. The zero-order chi connectivity index (χ0) is 15.0. The van der Waals surface area contributed by atoms with Crippen molar-refractivity contribution in [1.29, 1.82) is 0 Å². The zero-order valence-electron chi connectivity index (χ0n) is 13.1. The standard InChI is InChI=1S/C19H24O3/c20-17-12-19(9-4-10-21-13-19)22-18-8-7-15(11-16(17)18)14-5-2-1-3-6-14/h7-8,11,14H,1-6,9-10,12-13H2. The van der Waals surface area contributed by atoms with Crippen LogP contribution < -0.4 is 4.74 Å². The second-order valence-corrected chi connectivity index (χ2v) is 7.13. The summed E-state index contributed by atoms with van der Waals surface area (Å²) in [6.45, 7) is 1.33. The third kappa shape index (κ3) is 2.56. The number of carbonyl (C=O) groups excluding carboxylic acids is 1. The number of Topliss-reactive ketones (excluding diaryl/α,β-unsaturated/α-hetero) is 1. The molecule has 1 aromatic carbocycles. The van der Waals surface area contributed by atoms with Gasteiger partial charge in [0.1, 0.15) is 11.4 Å². The fraction of sp³-hybridized carbons (Fsp3) is 0.632. The molecule has 3 nitrogen and oxygen atoms in total. The number of fused-ring (bicyclic) bond motifs is 1. The maximum absolute atomic E-state index is 12.7. The molecule has 0 amide bonds. The molecule has 1 spiro atoms. The molecule has 1 saturated carbocycles. The number of benzene rings is 1. The van der Waals surface area contributed by atoms with Crippen molar-refractivity contribution in [2.45, 2.75) is 62.9 Å². The molecule has 1 unspecified atom stereocenters. The van der Waals surface area contributed by atoms with Gasteiger partial charge in [-0.2, -0.15) is 0 Å². The number of hydrogen-bond donors (Lipinski definition) is 0. The average molecular weight is 300 g/mol. The molecule has 1 saturated heterocycles. The predicted molar refractivity (Wildman–Crippen MR) is 84.6 cm³/mol. The Hall–Kier alpha value is -1.35. The predicted octanol–water partition coefficient (Wildman–Crippen LogP) is 4.25. The topological polar surface area (TPSA) is 35.5 Å². The van der Waals surface area contributed by atoms with Gasteiger partial charge in [-0.3, -0.25) is 4.79 Å². The molecule has 22 heavy (non-hydrogen) atoms. The van der Waals surface area contributed by atoms with Crippen LogP contribution in [0.2, 0.25) is 0 Å². The van der Waals surface area contributed by atoms with Crippen LogP contribution in [0.4, 0.5) is 0 Å². The third-order valence-corrected chi connectivity index (χ3v) is 5.48. The maximum atomic E-state index is 12.7. The minimum atomic E-state index is -0.408. The van der Waals surface area contributed by atoms with E-state index in [2.05, 4.69) is 12.1 Å². The lowest BCUT2D eigenvalue weighted by atomic mass is 9.81. The molecule has 0 aromatic heterocycles. The van der Waals surface area contributed by atoms with Crippen molar-refractivity contribution in [3.8, 4) is 5.75 Å². The van der Waals surface area contributed by atoms with Crippen LogP contribution in [0, 0.1) is 0 Å². The van der Waals surface area contributed by atoms with E-state index in [4.69, 9.17) is 9.47 Å². The molecule has 3 heteroatoms. The van der Waals surface area contributed by atoms with Gasteiger partial charge in [-0.25, -0.2) is 0 Å². The minimum Gasteiger partial charge on any atom is -0.484 e. The van der Waals surface area contributed by atoms with Crippen molar-refractivity contribution in [2.24, 2.45) is 0 Å². The number of ether oxygens (including phenoxy) is 2. The lowest BCUT2D eigenvalue weighted by molar-refractivity contribution is -0.0715. The van der Waals surface area contributed by atoms with Gasteiger partial charge in [0.25, 0.3) is 0 Å². The first-order valence-electron chi connectivity index (χ1n) is 8.70. The van der Waals surface area contributed by atoms with Gasteiger partial charge in [0, 0.05) is 6.61 Å². The lowest BCUT2D eigenvalue weighted by Crippen LogP contribution is -2.48. The maximum Gasteiger partial charge on any atom is 0.170 e. The molecule has 3 aliphatic rings. The fourth-order valence-corrected chi connectivity index (χ4v) is 4.25. The summed E-state index contributed by atoms with van der Waals surface area (Å²) < 4.78 is 11.8. The highest BCUT2D eigenvalue weighted by atomic mass is 16.5. The molecule has 4 rings (SSSR count). The van der Waals surface area contributed by atoms with E-state index in [1.54, 1.807) is 0 Å². The molecular weight excluding hydrogens is 276 g/mol. The van der Waals surface area contributed by atoms with E-state index in [0.717, 1.165) is 30.8 Å².